The second-order valence-corrected chi connectivity index (χ2v) is 5.29. The normalized spacial score (nSPS) is 24.9. The van der Waals surface area contributed by atoms with Gasteiger partial charge in [0.05, 0.1) is 28.0 Å². The Morgan fingerprint density at radius 2 is 2.11 bits per heavy atom. The molecule has 1 fully saturated rings. The Morgan fingerprint density at radius 1 is 1.42 bits per heavy atom. The first-order chi connectivity index (χ1) is 8.93. The van der Waals surface area contributed by atoms with Crippen LogP contribution in [0.2, 0.25) is 10.0 Å². The van der Waals surface area contributed by atoms with Crippen LogP contribution in [-0.4, -0.2) is 18.5 Å². The van der Waals surface area contributed by atoms with Crippen LogP contribution in [0.1, 0.15) is 18.9 Å². The maximum atomic E-state index is 11.8. The predicted molar refractivity (Wildman–Crippen MR) is 72.1 cm³/mol. The molecule has 0 unspecified atom stereocenters. The van der Waals surface area contributed by atoms with Crippen LogP contribution in [0.5, 0.6) is 0 Å². The number of hydrogen-bond donors (Lipinski definition) is 1. The predicted octanol–water partition coefficient (Wildman–Crippen LogP) is 2.30. The molecule has 1 aromatic carbocycles. The molecule has 0 aliphatic heterocycles. The van der Waals surface area contributed by atoms with Gasteiger partial charge in [-0.1, -0.05) is 29.3 Å². The number of halogens is 2. The third-order valence-electron chi connectivity index (χ3n) is 3.41. The molecular formula is C13H13Cl2NO3. The molecule has 1 aliphatic rings. The maximum Gasteiger partial charge on any atom is 0.310 e. The highest BCUT2D eigenvalue weighted by Gasteiger charge is 2.64. The standard InChI is InChI=1S/C13H13Cl2NO3/c1-2-19-11(17)8-6-13(8,12(16)18)7-3-4-9(14)10(15)5-7/h3-5,8H,2,6H2,1H3,(H2,16,18)/t8-,13+/m1/s1. The van der Waals surface area contributed by atoms with Crippen molar-refractivity contribution in [2.45, 2.75) is 18.8 Å². The summed E-state index contributed by atoms with van der Waals surface area (Å²) in [7, 11) is 0. The van der Waals surface area contributed by atoms with Crippen LogP contribution in [0.15, 0.2) is 18.2 Å². The van der Waals surface area contributed by atoms with Gasteiger partial charge in [-0.15, -0.1) is 0 Å². The van der Waals surface area contributed by atoms with Crippen molar-refractivity contribution in [3.63, 3.8) is 0 Å². The van der Waals surface area contributed by atoms with Crippen LogP contribution >= 0.6 is 23.2 Å². The Balaban J connectivity index is 2.35. The third-order valence-corrected chi connectivity index (χ3v) is 4.15. The minimum Gasteiger partial charge on any atom is -0.466 e. The topological polar surface area (TPSA) is 69.4 Å². The van der Waals surface area contributed by atoms with E-state index in [1.807, 2.05) is 0 Å². The molecule has 1 amide bonds. The fourth-order valence-corrected chi connectivity index (χ4v) is 2.60. The van der Waals surface area contributed by atoms with Crippen molar-refractivity contribution in [3.8, 4) is 0 Å². The fraction of sp³-hybridized carbons (Fsp3) is 0.385. The van der Waals surface area contributed by atoms with Gasteiger partial charge in [0.2, 0.25) is 5.91 Å². The Hall–Kier alpha value is -1.26. The Kier molecular flexibility index (Phi) is 3.74. The highest BCUT2D eigenvalue weighted by molar-refractivity contribution is 6.42. The quantitative estimate of drug-likeness (QED) is 0.868. The van der Waals surface area contributed by atoms with Gasteiger partial charge in [-0.2, -0.15) is 0 Å². The van der Waals surface area contributed by atoms with Gasteiger partial charge < -0.3 is 10.5 Å². The van der Waals surface area contributed by atoms with Crippen molar-refractivity contribution in [2.24, 2.45) is 11.7 Å². The molecule has 0 spiro atoms. The monoisotopic (exact) mass is 301 g/mol. The lowest BCUT2D eigenvalue weighted by Gasteiger charge is -2.14. The minimum absolute atomic E-state index is 0.269. The molecule has 0 radical (unpaired) electrons. The second kappa shape index (κ2) is 5.02. The van der Waals surface area contributed by atoms with E-state index in [1.54, 1.807) is 25.1 Å². The number of ether oxygens (including phenoxy) is 1. The van der Waals surface area contributed by atoms with Gasteiger partial charge in [0.25, 0.3) is 0 Å². The van der Waals surface area contributed by atoms with Crippen LogP contribution in [0.3, 0.4) is 0 Å². The Bertz CT molecular complexity index is 547. The van der Waals surface area contributed by atoms with Crippen molar-refractivity contribution >= 4 is 35.1 Å². The SMILES string of the molecule is CCOC(=O)[C@H]1C[C@]1(C(N)=O)c1ccc(Cl)c(Cl)c1. The van der Waals surface area contributed by atoms with Crippen LogP contribution in [0.4, 0.5) is 0 Å². The summed E-state index contributed by atoms with van der Waals surface area (Å²) in [5.41, 5.74) is 5.05. The summed E-state index contributed by atoms with van der Waals surface area (Å²) >= 11 is 11.8. The smallest absolute Gasteiger partial charge is 0.310 e. The highest BCUT2D eigenvalue weighted by Crippen LogP contribution is 2.55. The molecule has 2 atom stereocenters. The maximum absolute atomic E-state index is 11.8. The van der Waals surface area contributed by atoms with E-state index in [0.717, 1.165) is 0 Å². The molecule has 2 rings (SSSR count). The van der Waals surface area contributed by atoms with E-state index in [4.69, 9.17) is 33.7 Å². The summed E-state index contributed by atoms with van der Waals surface area (Å²) in [6, 6.07) is 4.83. The summed E-state index contributed by atoms with van der Waals surface area (Å²) in [4.78, 5) is 23.5. The molecule has 102 valence electrons. The van der Waals surface area contributed by atoms with Gasteiger partial charge in [-0.25, -0.2) is 0 Å². The lowest BCUT2D eigenvalue weighted by atomic mass is 9.92. The van der Waals surface area contributed by atoms with Gasteiger partial charge in [0, 0.05) is 0 Å². The van der Waals surface area contributed by atoms with Gasteiger partial charge >= 0.3 is 5.97 Å². The zero-order valence-electron chi connectivity index (χ0n) is 10.3. The summed E-state index contributed by atoms with van der Waals surface area (Å²) < 4.78 is 4.94. The Morgan fingerprint density at radius 3 is 2.63 bits per heavy atom. The van der Waals surface area contributed by atoms with E-state index in [0.29, 0.717) is 22.0 Å². The molecule has 1 aliphatic carbocycles. The second-order valence-electron chi connectivity index (χ2n) is 4.47. The first-order valence-electron chi connectivity index (χ1n) is 5.85. The summed E-state index contributed by atoms with van der Waals surface area (Å²) in [5.74, 6) is -1.50. The van der Waals surface area contributed by atoms with Gasteiger partial charge in [-0.05, 0) is 31.0 Å². The molecule has 2 N–H and O–H groups in total. The van der Waals surface area contributed by atoms with E-state index in [-0.39, 0.29) is 6.61 Å². The van der Waals surface area contributed by atoms with Gasteiger partial charge in [0.1, 0.15) is 0 Å². The molecule has 6 heteroatoms. The minimum atomic E-state index is -1.01. The zero-order chi connectivity index (χ0) is 14.2. The van der Waals surface area contributed by atoms with E-state index in [2.05, 4.69) is 0 Å². The lowest BCUT2D eigenvalue weighted by molar-refractivity contribution is -0.146. The summed E-state index contributed by atoms with van der Waals surface area (Å²) in [5, 5.41) is 0.715. The number of amides is 1. The summed E-state index contributed by atoms with van der Waals surface area (Å²) in [6.07, 6.45) is 0.346. The Labute approximate surface area is 120 Å². The van der Waals surface area contributed by atoms with Crippen LogP contribution in [0, 0.1) is 5.92 Å². The molecule has 1 aromatic rings. The first-order valence-corrected chi connectivity index (χ1v) is 6.61. The van der Waals surface area contributed by atoms with Gasteiger partial charge in [-0.3, -0.25) is 9.59 Å². The number of primary amides is 1. The number of hydrogen-bond acceptors (Lipinski definition) is 3. The van der Waals surface area contributed by atoms with Crippen molar-refractivity contribution in [2.75, 3.05) is 6.61 Å². The largest absolute Gasteiger partial charge is 0.466 e. The molecule has 0 heterocycles. The van der Waals surface area contributed by atoms with Crippen molar-refractivity contribution in [1.82, 2.24) is 0 Å². The molecule has 19 heavy (non-hydrogen) atoms. The van der Waals surface area contributed by atoms with E-state index < -0.39 is 23.2 Å². The molecule has 4 nitrogen and oxygen atoms in total. The average molecular weight is 302 g/mol. The van der Waals surface area contributed by atoms with E-state index >= 15 is 0 Å². The summed E-state index contributed by atoms with van der Waals surface area (Å²) in [6.45, 7) is 1.98. The molecule has 0 saturated heterocycles. The number of carbonyl (C=O) groups is 2. The fourth-order valence-electron chi connectivity index (χ4n) is 2.30. The first kappa shape index (κ1) is 14.2. The number of carbonyl (C=O) groups excluding carboxylic acids is 2. The third kappa shape index (κ3) is 2.30. The van der Waals surface area contributed by atoms with Crippen molar-refractivity contribution in [3.05, 3.63) is 33.8 Å². The highest BCUT2D eigenvalue weighted by atomic mass is 35.5. The number of nitrogens with two attached hydrogens (primary N) is 1. The van der Waals surface area contributed by atoms with E-state index in [1.165, 1.54) is 0 Å². The average Bonchev–Trinajstić information content (AvgIpc) is 3.10. The molecular weight excluding hydrogens is 289 g/mol. The molecule has 0 bridgehead atoms. The molecule has 1 saturated carbocycles. The van der Waals surface area contributed by atoms with Crippen molar-refractivity contribution < 1.29 is 14.3 Å². The lowest BCUT2D eigenvalue weighted by Crippen LogP contribution is -2.32. The zero-order valence-corrected chi connectivity index (χ0v) is 11.8. The van der Waals surface area contributed by atoms with Crippen LogP contribution < -0.4 is 5.73 Å². The van der Waals surface area contributed by atoms with E-state index in [9.17, 15) is 9.59 Å². The van der Waals surface area contributed by atoms with Crippen LogP contribution in [-0.2, 0) is 19.7 Å². The van der Waals surface area contributed by atoms with Gasteiger partial charge in [0.15, 0.2) is 0 Å². The van der Waals surface area contributed by atoms with Crippen molar-refractivity contribution in [1.29, 1.82) is 0 Å². The number of esters is 1. The molecule has 0 aromatic heterocycles. The number of benzene rings is 1. The number of rotatable bonds is 4. The van der Waals surface area contributed by atoms with Crippen LogP contribution in [0.25, 0.3) is 0 Å².